The molecule has 6 heteroatoms. The van der Waals surface area contributed by atoms with Gasteiger partial charge in [-0.25, -0.2) is 14.8 Å². The van der Waals surface area contributed by atoms with Crippen molar-refractivity contribution in [1.29, 1.82) is 0 Å². The smallest absolute Gasteiger partial charge is 0.338 e. The van der Waals surface area contributed by atoms with Gasteiger partial charge in [0.25, 0.3) is 0 Å². The first-order chi connectivity index (χ1) is 9.08. The van der Waals surface area contributed by atoms with E-state index in [1.807, 2.05) is 6.92 Å². The molecule has 0 bridgehead atoms. The molecule has 0 amide bonds. The van der Waals surface area contributed by atoms with Crippen LogP contribution in [0.3, 0.4) is 0 Å². The van der Waals surface area contributed by atoms with E-state index >= 15 is 0 Å². The highest BCUT2D eigenvalue weighted by atomic mass is 32.2. The molecule has 0 radical (unpaired) electrons. The predicted molar refractivity (Wildman–Crippen MR) is 74.1 cm³/mol. The highest BCUT2D eigenvalue weighted by Gasteiger charge is 2.13. The summed E-state index contributed by atoms with van der Waals surface area (Å²) in [4.78, 5) is 19.5. The van der Waals surface area contributed by atoms with Crippen molar-refractivity contribution in [1.82, 2.24) is 9.97 Å². The van der Waals surface area contributed by atoms with E-state index in [2.05, 4.69) is 9.97 Å². The van der Waals surface area contributed by atoms with Gasteiger partial charge in [-0.3, -0.25) is 0 Å². The Morgan fingerprint density at radius 3 is 2.68 bits per heavy atom. The number of carboxylic acid groups (broad SMARTS) is 1. The molecule has 0 saturated heterocycles. The minimum atomic E-state index is -1.02. The third kappa shape index (κ3) is 3.23. The topological polar surface area (TPSA) is 89.1 Å². The molecule has 3 N–H and O–H groups in total. The molecule has 0 unspecified atom stereocenters. The zero-order chi connectivity index (χ0) is 13.8. The van der Waals surface area contributed by atoms with Gasteiger partial charge in [-0.15, -0.1) is 0 Å². The third-order valence-electron chi connectivity index (χ3n) is 2.51. The highest BCUT2D eigenvalue weighted by Crippen LogP contribution is 2.24. The summed E-state index contributed by atoms with van der Waals surface area (Å²) in [7, 11) is 0. The van der Waals surface area contributed by atoms with Gasteiger partial charge in [0.1, 0.15) is 0 Å². The van der Waals surface area contributed by atoms with E-state index in [0.29, 0.717) is 16.5 Å². The molecule has 0 fully saturated rings. The lowest BCUT2D eigenvalue weighted by Gasteiger charge is -2.07. The lowest BCUT2D eigenvalue weighted by molar-refractivity contribution is 0.0697. The number of thioether (sulfide) groups is 1. The van der Waals surface area contributed by atoms with Gasteiger partial charge in [-0.1, -0.05) is 23.9 Å². The van der Waals surface area contributed by atoms with Crippen molar-refractivity contribution in [2.75, 3.05) is 5.73 Å². The summed E-state index contributed by atoms with van der Waals surface area (Å²) in [5, 5.41) is 9.77. The van der Waals surface area contributed by atoms with Crippen LogP contribution < -0.4 is 5.73 Å². The number of nitrogens with zero attached hydrogens (tertiary/aromatic N) is 2. The summed E-state index contributed by atoms with van der Waals surface area (Å²) in [6, 6.07) is 5.08. The maximum atomic E-state index is 11.2. The van der Waals surface area contributed by atoms with Crippen LogP contribution in [0.4, 0.5) is 5.69 Å². The van der Waals surface area contributed by atoms with Crippen molar-refractivity contribution in [3.8, 4) is 0 Å². The molecule has 2 rings (SSSR count). The van der Waals surface area contributed by atoms with Gasteiger partial charge in [0.05, 0.1) is 5.56 Å². The number of benzene rings is 1. The fourth-order valence-electron chi connectivity index (χ4n) is 1.60. The molecule has 0 aliphatic rings. The van der Waals surface area contributed by atoms with E-state index < -0.39 is 5.97 Å². The number of nitrogens with two attached hydrogens (primary N) is 1. The van der Waals surface area contributed by atoms with Gasteiger partial charge in [0, 0.05) is 23.8 Å². The molecule has 0 aliphatic carbocycles. The van der Waals surface area contributed by atoms with Crippen LogP contribution in [0.15, 0.2) is 35.7 Å². The van der Waals surface area contributed by atoms with Gasteiger partial charge >= 0.3 is 5.97 Å². The van der Waals surface area contributed by atoms with Crippen LogP contribution in [0.1, 0.15) is 21.5 Å². The van der Waals surface area contributed by atoms with Gasteiger partial charge in [-0.05, 0) is 24.1 Å². The van der Waals surface area contributed by atoms with Gasteiger partial charge < -0.3 is 10.8 Å². The molecule has 0 saturated carbocycles. The maximum Gasteiger partial charge on any atom is 0.338 e. The molecule has 0 aliphatic heterocycles. The molecular weight excluding hydrogens is 262 g/mol. The second kappa shape index (κ2) is 5.71. The number of aromatic nitrogens is 2. The number of carboxylic acids is 1. The summed E-state index contributed by atoms with van der Waals surface area (Å²) in [6.07, 6.45) is 3.46. The van der Waals surface area contributed by atoms with E-state index in [1.165, 1.54) is 11.8 Å². The van der Waals surface area contributed by atoms with Gasteiger partial charge in [-0.2, -0.15) is 0 Å². The molecule has 98 valence electrons. The largest absolute Gasteiger partial charge is 0.478 e. The number of hydrogen-bond acceptors (Lipinski definition) is 5. The molecule has 2 aromatic rings. The van der Waals surface area contributed by atoms with Crippen molar-refractivity contribution in [3.05, 3.63) is 47.3 Å². The van der Waals surface area contributed by atoms with Crippen molar-refractivity contribution < 1.29 is 9.90 Å². The molecule has 1 aromatic carbocycles. The Labute approximate surface area is 114 Å². The van der Waals surface area contributed by atoms with Crippen LogP contribution in [-0.2, 0) is 5.75 Å². The van der Waals surface area contributed by atoms with Crippen molar-refractivity contribution in [2.45, 2.75) is 17.8 Å². The van der Waals surface area contributed by atoms with Gasteiger partial charge in [0.15, 0.2) is 5.16 Å². The van der Waals surface area contributed by atoms with E-state index in [1.54, 1.807) is 30.6 Å². The number of carbonyl (C=O) groups is 1. The molecule has 0 spiro atoms. The molecular formula is C13H13N3O2S. The average molecular weight is 275 g/mol. The van der Waals surface area contributed by atoms with Crippen LogP contribution >= 0.6 is 11.8 Å². The molecule has 1 aromatic heterocycles. The van der Waals surface area contributed by atoms with E-state index in [-0.39, 0.29) is 11.3 Å². The van der Waals surface area contributed by atoms with Crippen LogP contribution in [0.2, 0.25) is 0 Å². The van der Waals surface area contributed by atoms with E-state index in [9.17, 15) is 4.79 Å². The predicted octanol–water partition coefficient (Wildman–Crippen LogP) is 2.36. The fraction of sp³-hybridized carbons (Fsp3) is 0.154. The maximum absolute atomic E-state index is 11.2. The first kappa shape index (κ1) is 13.4. The second-order valence-electron chi connectivity index (χ2n) is 4.02. The lowest BCUT2D eigenvalue weighted by Crippen LogP contribution is -2.06. The molecule has 0 atom stereocenters. The van der Waals surface area contributed by atoms with Gasteiger partial charge in [0.2, 0.25) is 0 Å². The summed E-state index contributed by atoms with van der Waals surface area (Å²) >= 11 is 1.38. The summed E-state index contributed by atoms with van der Waals surface area (Å²) in [5.41, 5.74) is 7.77. The normalized spacial score (nSPS) is 10.4. The van der Waals surface area contributed by atoms with Crippen LogP contribution in [-0.4, -0.2) is 21.0 Å². The first-order valence-corrected chi connectivity index (χ1v) is 6.58. The molecule has 1 heterocycles. The van der Waals surface area contributed by atoms with E-state index in [4.69, 9.17) is 10.8 Å². The summed E-state index contributed by atoms with van der Waals surface area (Å²) in [5.74, 6) is -0.547. The fourth-order valence-corrected chi connectivity index (χ4v) is 2.38. The Balaban J connectivity index is 2.18. The minimum absolute atomic E-state index is 0.155. The number of anilines is 1. The highest BCUT2D eigenvalue weighted by molar-refractivity contribution is 7.98. The SMILES string of the molecule is Cc1cnc(SCc2cccc(N)c2C(=O)O)nc1. The van der Waals surface area contributed by atoms with Crippen molar-refractivity contribution in [2.24, 2.45) is 0 Å². The van der Waals surface area contributed by atoms with E-state index in [0.717, 1.165) is 5.56 Å². The van der Waals surface area contributed by atoms with Crippen LogP contribution in [0.25, 0.3) is 0 Å². The Morgan fingerprint density at radius 2 is 2.05 bits per heavy atom. The van der Waals surface area contributed by atoms with Crippen molar-refractivity contribution in [3.63, 3.8) is 0 Å². The Morgan fingerprint density at radius 1 is 1.37 bits per heavy atom. The number of aryl methyl sites for hydroxylation is 1. The third-order valence-corrected chi connectivity index (χ3v) is 3.44. The molecule has 19 heavy (non-hydrogen) atoms. The summed E-state index contributed by atoms with van der Waals surface area (Å²) in [6.45, 7) is 1.91. The lowest BCUT2D eigenvalue weighted by atomic mass is 10.1. The Bertz CT molecular complexity index is 599. The minimum Gasteiger partial charge on any atom is -0.478 e. The Kier molecular flexibility index (Phi) is 4.01. The number of nitrogen functional groups attached to an aromatic ring is 1. The standard InChI is InChI=1S/C13H13N3O2S/c1-8-5-15-13(16-6-8)19-7-9-3-2-4-10(14)11(9)12(17)18/h2-6H,7,14H2,1H3,(H,17,18). The zero-order valence-electron chi connectivity index (χ0n) is 10.3. The number of hydrogen-bond donors (Lipinski definition) is 2. The Hall–Kier alpha value is -2.08. The average Bonchev–Trinajstić information content (AvgIpc) is 2.37. The van der Waals surface area contributed by atoms with Crippen LogP contribution in [0.5, 0.6) is 0 Å². The zero-order valence-corrected chi connectivity index (χ0v) is 11.1. The van der Waals surface area contributed by atoms with Crippen molar-refractivity contribution >= 4 is 23.4 Å². The second-order valence-corrected chi connectivity index (χ2v) is 4.96. The number of aromatic carboxylic acids is 1. The summed E-state index contributed by atoms with van der Waals surface area (Å²) < 4.78 is 0. The number of rotatable bonds is 4. The quantitative estimate of drug-likeness (QED) is 0.506. The van der Waals surface area contributed by atoms with Crippen LogP contribution in [0, 0.1) is 6.92 Å². The molecule has 5 nitrogen and oxygen atoms in total. The monoisotopic (exact) mass is 275 g/mol. The first-order valence-electron chi connectivity index (χ1n) is 5.60.